The van der Waals surface area contributed by atoms with Crippen molar-refractivity contribution in [3.63, 3.8) is 0 Å². The number of nitrogens with one attached hydrogen (secondary N) is 1. The van der Waals surface area contributed by atoms with Crippen LogP contribution in [0.25, 0.3) is 0 Å². The van der Waals surface area contributed by atoms with E-state index in [1.165, 1.54) is 0 Å². The van der Waals surface area contributed by atoms with Gasteiger partial charge in [0.2, 0.25) is 5.75 Å². The highest BCUT2D eigenvalue weighted by atomic mass is 16.6. The molecular formula is C19H20N4O7. The average molecular weight is 416 g/mol. The molecule has 0 heterocycles. The fourth-order valence-corrected chi connectivity index (χ4v) is 2.45. The molecule has 2 aromatic carbocycles. The number of benzene rings is 2. The minimum absolute atomic E-state index is 0.290. The zero-order valence-electron chi connectivity index (χ0n) is 16.5. The molecule has 0 radical (unpaired) electrons. The van der Waals surface area contributed by atoms with Gasteiger partial charge < -0.3 is 9.84 Å². The summed E-state index contributed by atoms with van der Waals surface area (Å²) in [6.07, 6.45) is 0.873. The Balaban J connectivity index is 2.07. The van der Waals surface area contributed by atoms with Crippen molar-refractivity contribution in [3.05, 3.63) is 67.3 Å². The Bertz CT molecular complexity index is 1020. The third-order valence-electron chi connectivity index (χ3n) is 4.14. The lowest BCUT2D eigenvalue weighted by atomic mass is 10.0. The SMILES string of the molecule is Cc1ccc(C(C)C)cc1OCC(=O)N/N=C\c1cc([N+](=O)[O-])cc([N+](=O)[O-])c1O. The van der Waals surface area contributed by atoms with Gasteiger partial charge >= 0.3 is 5.69 Å². The summed E-state index contributed by atoms with van der Waals surface area (Å²) in [7, 11) is 0. The first-order chi connectivity index (χ1) is 14.1. The van der Waals surface area contributed by atoms with E-state index in [4.69, 9.17) is 4.74 Å². The third kappa shape index (κ3) is 5.50. The fraction of sp³-hybridized carbons (Fsp3) is 0.263. The van der Waals surface area contributed by atoms with Crippen molar-refractivity contribution in [1.82, 2.24) is 5.43 Å². The molecule has 2 N–H and O–H groups in total. The molecule has 0 bridgehead atoms. The Hall–Kier alpha value is -4.02. The van der Waals surface area contributed by atoms with Gasteiger partial charge in [0.1, 0.15) is 5.75 Å². The number of nitrogens with zero attached hydrogens (tertiary/aromatic N) is 3. The lowest BCUT2D eigenvalue weighted by Crippen LogP contribution is -2.24. The molecule has 2 aromatic rings. The summed E-state index contributed by atoms with van der Waals surface area (Å²) in [4.78, 5) is 32.0. The first-order valence-corrected chi connectivity index (χ1v) is 8.81. The Morgan fingerprint density at radius 1 is 1.23 bits per heavy atom. The Labute approximate surface area is 171 Å². The molecule has 0 aliphatic carbocycles. The quantitative estimate of drug-likeness (QED) is 0.380. The van der Waals surface area contributed by atoms with Gasteiger partial charge in [-0.2, -0.15) is 5.10 Å². The Morgan fingerprint density at radius 3 is 2.53 bits per heavy atom. The van der Waals surface area contributed by atoms with Gasteiger partial charge in [0.15, 0.2) is 6.61 Å². The monoisotopic (exact) mass is 416 g/mol. The highest BCUT2D eigenvalue weighted by Gasteiger charge is 2.23. The van der Waals surface area contributed by atoms with E-state index in [1.807, 2.05) is 39.0 Å². The van der Waals surface area contributed by atoms with Gasteiger partial charge in [-0.05, 0) is 30.0 Å². The molecule has 2 rings (SSSR count). The van der Waals surface area contributed by atoms with Gasteiger partial charge in [0.25, 0.3) is 11.6 Å². The summed E-state index contributed by atoms with van der Waals surface area (Å²) in [6.45, 7) is 5.56. The van der Waals surface area contributed by atoms with Gasteiger partial charge in [0, 0.05) is 6.07 Å². The van der Waals surface area contributed by atoms with Crippen molar-refractivity contribution in [2.24, 2.45) is 5.10 Å². The number of aromatic hydroxyl groups is 1. The molecular weight excluding hydrogens is 396 g/mol. The molecule has 0 spiro atoms. The molecule has 0 aliphatic rings. The summed E-state index contributed by atoms with van der Waals surface area (Å²) < 4.78 is 5.50. The van der Waals surface area contributed by atoms with Crippen LogP contribution in [0.2, 0.25) is 0 Å². The topological polar surface area (TPSA) is 157 Å². The van der Waals surface area contributed by atoms with E-state index >= 15 is 0 Å². The second-order valence-electron chi connectivity index (χ2n) is 6.68. The third-order valence-corrected chi connectivity index (χ3v) is 4.14. The van der Waals surface area contributed by atoms with Crippen LogP contribution in [0.5, 0.6) is 11.5 Å². The van der Waals surface area contributed by atoms with E-state index in [0.717, 1.165) is 23.4 Å². The maximum atomic E-state index is 11.9. The van der Waals surface area contributed by atoms with Crippen LogP contribution in [0.1, 0.15) is 36.5 Å². The minimum Gasteiger partial charge on any atom is -0.502 e. The number of hydrogen-bond donors (Lipinski definition) is 2. The van der Waals surface area contributed by atoms with E-state index in [0.29, 0.717) is 11.8 Å². The van der Waals surface area contributed by atoms with Gasteiger partial charge in [-0.3, -0.25) is 25.0 Å². The highest BCUT2D eigenvalue weighted by Crippen LogP contribution is 2.33. The zero-order valence-corrected chi connectivity index (χ0v) is 16.5. The van der Waals surface area contributed by atoms with E-state index in [9.17, 15) is 30.1 Å². The number of ether oxygens (including phenoxy) is 1. The number of carbonyl (C=O) groups excluding carboxylic acids is 1. The number of amides is 1. The van der Waals surface area contributed by atoms with Gasteiger partial charge in [-0.25, -0.2) is 5.43 Å². The van der Waals surface area contributed by atoms with Crippen LogP contribution in [0.15, 0.2) is 35.4 Å². The predicted molar refractivity (Wildman–Crippen MR) is 108 cm³/mol. The van der Waals surface area contributed by atoms with E-state index in [-0.39, 0.29) is 18.1 Å². The van der Waals surface area contributed by atoms with Crippen molar-refractivity contribution in [1.29, 1.82) is 0 Å². The van der Waals surface area contributed by atoms with E-state index < -0.39 is 32.9 Å². The van der Waals surface area contributed by atoms with Crippen molar-refractivity contribution in [3.8, 4) is 11.5 Å². The van der Waals surface area contributed by atoms with Crippen molar-refractivity contribution in [2.45, 2.75) is 26.7 Å². The number of hydrazone groups is 1. The van der Waals surface area contributed by atoms with Crippen LogP contribution in [-0.2, 0) is 4.79 Å². The second-order valence-corrected chi connectivity index (χ2v) is 6.68. The van der Waals surface area contributed by atoms with E-state index in [1.54, 1.807) is 0 Å². The highest BCUT2D eigenvalue weighted by molar-refractivity contribution is 5.88. The van der Waals surface area contributed by atoms with Crippen molar-refractivity contribution >= 4 is 23.5 Å². The van der Waals surface area contributed by atoms with Crippen LogP contribution < -0.4 is 10.2 Å². The standard InChI is InChI=1S/C19H20N4O7/c1-11(2)13-5-4-12(3)17(7-13)30-10-18(24)21-20-9-14-6-15(22(26)27)8-16(19(14)25)23(28)29/h4-9,11,25H,10H2,1-3H3,(H,21,24)/b20-9-. The maximum Gasteiger partial charge on any atom is 0.318 e. The fourth-order valence-electron chi connectivity index (χ4n) is 2.45. The van der Waals surface area contributed by atoms with Crippen molar-refractivity contribution < 1.29 is 24.5 Å². The largest absolute Gasteiger partial charge is 0.502 e. The number of nitro groups is 2. The molecule has 0 fully saturated rings. The van der Waals surface area contributed by atoms with Crippen LogP contribution in [-0.4, -0.2) is 33.7 Å². The molecule has 0 saturated heterocycles. The van der Waals surface area contributed by atoms with Crippen LogP contribution in [0, 0.1) is 27.2 Å². The summed E-state index contributed by atoms with van der Waals surface area (Å²) in [5, 5.41) is 35.3. The van der Waals surface area contributed by atoms with Crippen LogP contribution >= 0.6 is 0 Å². The molecule has 0 saturated carbocycles. The molecule has 0 aromatic heterocycles. The summed E-state index contributed by atoms with van der Waals surface area (Å²) in [6, 6.07) is 7.24. The molecule has 0 aliphatic heterocycles. The first-order valence-electron chi connectivity index (χ1n) is 8.81. The molecule has 0 unspecified atom stereocenters. The lowest BCUT2D eigenvalue weighted by molar-refractivity contribution is -0.394. The Morgan fingerprint density at radius 2 is 1.93 bits per heavy atom. The van der Waals surface area contributed by atoms with Crippen molar-refractivity contribution in [2.75, 3.05) is 6.61 Å². The maximum absolute atomic E-state index is 11.9. The number of phenols is 1. The number of non-ortho nitro benzene ring substituents is 1. The zero-order chi connectivity index (χ0) is 22.4. The number of carbonyl (C=O) groups is 1. The molecule has 0 atom stereocenters. The molecule has 11 heteroatoms. The van der Waals surface area contributed by atoms with Gasteiger partial charge in [-0.15, -0.1) is 0 Å². The number of nitro benzene ring substituents is 2. The van der Waals surface area contributed by atoms with Gasteiger partial charge in [0.05, 0.1) is 27.7 Å². The minimum atomic E-state index is -0.959. The summed E-state index contributed by atoms with van der Waals surface area (Å²) in [5.41, 5.74) is 2.30. The first kappa shape index (κ1) is 22.3. The molecule has 11 nitrogen and oxygen atoms in total. The summed E-state index contributed by atoms with van der Waals surface area (Å²) in [5.74, 6) is -0.591. The summed E-state index contributed by atoms with van der Waals surface area (Å²) >= 11 is 0. The smallest absolute Gasteiger partial charge is 0.318 e. The number of rotatable bonds is 8. The number of phenolic OH excluding ortho intramolecular Hbond substituents is 1. The average Bonchev–Trinajstić information content (AvgIpc) is 2.67. The van der Waals surface area contributed by atoms with Crippen LogP contribution in [0.3, 0.4) is 0 Å². The predicted octanol–water partition coefficient (Wildman–Crippen LogP) is 3.17. The molecule has 30 heavy (non-hydrogen) atoms. The van der Waals surface area contributed by atoms with Crippen LogP contribution in [0.4, 0.5) is 11.4 Å². The van der Waals surface area contributed by atoms with E-state index in [2.05, 4.69) is 10.5 Å². The Kier molecular flexibility index (Phi) is 7.02. The van der Waals surface area contributed by atoms with Gasteiger partial charge in [-0.1, -0.05) is 26.0 Å². The number of aryl methyl sites for hydroxylation is 1. The second kappa shape index (κ2) is 9.45. The lowest BCUT2D eigenvalue weighted by Gasteiger charge is -2.12. The molecule has 158 valence electrons. The normalized spacial score (nSPS) is 10.9. The molecule has 1 amide bonds. The number of hydrogen-bond acceptors (Lipinski definition) is 8.